The van der Waals surface area contributed by atoms with E-state index >= 15 is 0 Å². The first-order valence-electron chi connectivity index (χ1n) is 21.5. The summed E-state index contributed by atoms with van der Waals surface area (Å²) in [5.41, 5.74) is 0.812. The third kappa shape index (κ3) is 26.6. The highest BCUT2D eigenvalue weighted by Gasteiger charge is 2.26. The number of aryl methyl sites for hydroxylation is 2. The van der Waals surface area contributed by atoms with Crippen LogP contribution in [0.4, 0.5) is 0 Å². The van der Waals surface area contributed by atoms with Crippen LogP contribution in [0, 0.1) is 0 Å². The van der Waals surface area contributed by atoms with Crippen molar-refractivity contribution < 1.29 is 78.5 Å². The van der Waals surface area contributed by atoms with Gasteiger partial charge in [0.2, 0.25) is 11.8 Å². The van der Waals surface area contributed by atoms with E-state index in [1.54, 1.807) is 12.4 Å². The summed E-state index contributed by atoms with van der Waals surface area (Å²) in [6.45, 7) is 14.1. The van der Waals surface area contributed by atoms with Gasteiger partial charge in [-0.15, -0.1) is 0 Å². The van der Waals surface area contributed by atoms with Crippen molar-refractivity contribution >= 4 is 47.6 Å². The molecule has 0 radical (unpaired) electrons. The maximum Gasteiger partial charge on any atom is 0.328 e. The summed E-state index contributed by atoms with van der Waals surface area (Å²) in [4.78, 5) is 104. The number of hydrogen-bond acceptors (Lipinski definition) is 16. The van der Waals surface area contributed by atoms with Gasteiger partial charge in [0.15, 0.2) is 0 Å². The van der Waals surface area contributed by atoms with Crippen LogP contribution in [-0.4, -0.2) is 174 Å². The van der Waals surface area contributed by atoms with Gasteiger partial charge in [0.1, 0.15) is 22.8 Å². The molecule has 2 aromatic rings. The average molecular weight is 961 g/mol. The lowest BCUT2D eigenvalue weighted by atomic mass is 10.2. The highest BCUT2D eigenvalue weighted by atomic mass is 16.5. The second-order valence-electron chi connectivity index (χ2n) is 14.2. The first-order chi connectivity index (χ1) is 32.3. The van der Waals surface area contributed by atoms with Crippen molar-refractivity contribution in [3.63, 3.8) is 0 Å². The summed E-state index contributed by atoms with van der Waals surface area (Å²) >= 11 is 0. The maximum atomic E-state index is 12.4. The molecule has 2 aromatic heterocycles. The van der Waals surface area contributed by atoms with Gasteiger partial charge >= 0.3 is 35.8 Å². The predicted octanol–water partition coefficient (Wildman–Crippen LogP) is 2.44. The summed E-state index contributed by atoms with van der Waals surface area (Å²) in [5, 5.41) is 52.9. The Bertz CT molecular complexity index is 1820. The SMILES string of the molecule is CCCc1ncc(C(=O)NCC2CCCN2CC)c(OC)n1.CCCc1ncc(C(=O)NCC2CCCN2CC)c(OC)n1.O=C(O)/C=C/C(=O)O.O=C(O)/C=C/C(=O)O.O=C(O)/C=C/C(=O)O. The van der Waals surface area contributed by atoms with Crippen LogP contribution in [-0.2, 0) is 41.6 Å². The molecule has 2 aliphatic rings. The van der Waals surface area contributed by atoms with Crippen molar-refractivity contribution in [2.75, 3.05) is 53.5 Å². The van der Waals surface area contributed by atoms with Crippen LogP contribution in [0.1, 0.15) is 98.6 Å². The largest absolute Gasteiger partial charge is 0.480 e. The molecule has 0 aliphatic carbocycles. The van der Waals surface area contributed by atoms with Gasteiger partial charge in [-0.05, 0) is 64.7 Å². The number of aliphatic carboxylic acids is 6. The second kappa shape index (κ2) is 34.9. The van der Waals surface area contributed by atoms with Gasteiger partial charge in [0.05, 0.1) is 14.2 Å². The summed E-state index contributed by atoms with van der Waals surface area (Å²) in [6.07, 6.45) is 14.6. The second-order valence-corrected chi connectivity index (χ2v) is 14.2. The van der Waals surface area contributed by atoms with E-state index in [9.17, 15) is 38.4 Å². The number of rotatable bonds is 20. The number of nitrogens with one attached hydrogen (secondary N) is 2. The van der Waals surface area contributed by atoms with Gasteiger partial charge in [-0.3, -0.25) is 19.4 Å². The number of nitrogens with zero attached hydrogens (tertiary/aromatic N) is 6. The van der Waals surface area contributed by atoms with Crippen LogP contribution in [0.3, 0.4) is 0 Å². The molecule has 2 saturated heterocycles. The Balaban J connectivity index is 0.000000904. The summed E-state index contributed by atoms with van der Waals surface area (Å²) < 4.78 is 10.5. The van der Waals surface area contributed by atoms with Gasteiger partial charge in [-0.25, -0.2) is 38.7 Å². The van der Waals surface area contributed by atoms with Crippen molar-refractivity contribution in [3.05, 3.63) is 71.6 Å². The number of methoxy groups -OCH3 is 2. The molecule has 68 heavy (non-hydrogen) atoms. The topological polar surface area (TPSA) is 358 Å². The van der Waals surface area contributed by atoms with E-state index in [0.717, 1.165) is 64.7 Å². The summed E-state index contributed by atoms with van der Waals surface area (Å²) in [6, 6.07) is 0.862. The minimum atomic E-state index is -1.26. The standard InChI is InChI=1S/2C16H26N4O2.3C4H4O4/c2*1-4-7-14-17-11-13(16(19-14)22-3)15(21)18-10-12-8-6-9-20(12)5-2;3*5-3(6)1-2-4(7)8/h2*11-12H,4-10H2,1-3H3,(H,18,21);3*1-2H,(H,5,6)(H,7,8)/b;;3*2-1+. The number of carbonyl (C=O) groups excluding carboxylic acids is 2. The van der Waals surface area contributed by atoms with Gasteiger partial charge in [-0.2, -0.15) is 9.97 Å². The molecule has 0 bridgehead atoms. The molecule has 0 aromatic carbocycles. The van der Waals surface area contributed by atoms with Crippen molar-refractivity contribution in [2.24, 2.45) is 0 Å². The zero-order chi connectivity index (χ0) is 51.6. The first kappa shape index (κ1) is 60.7. The lowest BCUT2D eigenvalue weighted by Crippen LogP contribution is -2.40. The smallest absolute Gasteiger partial charge is 0.328 e. The Kier molecular flexibility index (Phi) is 31.2. The highest BCUT2D eigenvalue weighted by molar-refractivity contribution is 5.96. The zero-order valence-electron chi connectivity index (χ0n) is 39.1. The number of likely N-dealkylation sites (N-methyl/N-ethyl adjacent to an activating group) is 2. The van der Waals surface area contributed by atoms with E-state index in [1.807, 2.05) is 0 Å². The molecule has 2 fully saturated rings. The third-order valence-electron chi connectivity index (χ3n) is 9.34. The molecule has 24 heteroatoms. The van der Waals surface area contributed by atoms with E-state index in [0.29, 0.717) is 96.2 Å². The average Bonchev–Trinajstić information content (AvgIpc) is 3.98. The molecule has 8 N–H and O–H groups in total. The number of carboxylic acids is 6. The van der Waals surface area contributed by atoms with Crippen molar-refractivity contribution in [3.8, 4) is 11.8 Å². The summed E-state index contributed by atoms with van der Waals surface area (Å²) in [7, 11) is 3.06. The van der Waals surface area contributed by atoms with Crippen molar-refractivity contribution in [2.45, 2.75) is 91.1 Å². The van der Waals surface area contributed by atoms with Gasteiger partial charge in [-0.1, -0.05) is 27.7 Å². The molecule has 2 unspecified atom stereocenters. The van der Waals surface area contributed by atoms with Crippen LogP contribution in [0.25, 0.3) is 0 Å². The molecule has 2 amide bonds. The monoisotopic (exact) mass is 960 g/mol. The lowest BCUT2D eigenvalue weighted by Gasteiger charge is -2.22. The van der Waals surface area contributed by atoms with Gasteiger partial charge in [0, 0.05) is 86.9 Å². The first-order valence-corrected chi connectivity index (χ1v) is 21.5. The zero-order valence-corrected chi connectivity index (χ0v) is 39.1. The van der Waals surface area contributed by atoms with Gasteiger partial charge in [0.25, 0.3) is 11.8 Å². The normalized spacial score (nSPS) is 15.3. The van der Waals surface area contributed by atoms with Crippen molar-refractivity contribution in [1.82, 2.24) is 40.4 Å². The number of ether oxygens (including phenoxy) is 2. The lowest BCUT2D eigenvalue weighted by molar-refractivity contribution is -0.134. The molecule has 0 spiro atoms. The number of likely N-dealkylation sites (tertiary alicyclic amines) is 2. The van der Waals surface area contributed by atoms with E-state index in [-0.39, 0.29) is 11.8 Å². The Morgan fingerprint density at radius 3 is 1.09 bits per heavy atom. The van der Waals surface area contributed by atoms with E-state index in [1.165, 1.54) is 27.1 Å². The Labute approximate surface area is 393 Å². The molecule has 0 saturated carbocycles. The number of carboxylic acid groups (broad SMARTS) is 6. The fraction of sp³-hybridized carbons (Fsp3) is 0.500. The van der Waals surface area contributed by atoms with E-state index in [4.69, 9.17) is 40.1 Å². The van der Waals surface area contributed by atoms with Crippen molar-refractivity contribution in [1.29, 1.82) is 0 Å². The minimum absolute atomic E-state index is 0.164. The quantitative estimate of drug-likeness (QED) is 0.0883. The van der Waals surface area contributed by atoms with Gasteiger partial charge < -0.3 is 50.7 Å². The predicted molar refractivity (Wildman–Crippen MR) is 244 cm³/mol. The van der Waals surface area contributed by atoms with Crippen LogP contribution in [0.15, 0.2) is 48.8 Å². The Morgan fingerprint density at radius 1 is 0.559 bits per heavy atom. The molecule has 376 valence electrons. The molecule has 24 nitrogen and oxygen atoms in total. The molecular formula is C44H64N8O16. The van der Waals surface area contributed by atoms with Crippen LogP contribution in [0.2, 0.25) is 0 Å². The number of hydrogen-bond donors (Lipinski definition) is 8. The van der Waals surface area contributed by atoms with E-state index in [2.05, 4.69) is 68.1 Å². The number of aromatic nitrogens is 4. The molecule has 4 rings (SSSR count). The van der Waals surface area contributed by atoms with Crippen LogP contribution in [0.5, 0.6) is 11.8 Å². The summed E-state index contributed by atoms with van der Waals surface area (Å²) in [5.74, 6) is -5.73. The minimum Gasteiger partial charge on any atom is -0.480 e. The fourth-order valence-electron chi connectivity index (χ4n) is 6.24. The third-order valence-corrected chi connectivity index (χ3v) is 9.34. The fourth-order valence-corrected chi connectivity index (χ4v) is 6.24. The maximum absolute atomic E-state index is 12.4. The number of amides is 2. The number of carbonyl (C=O) groups is 8. The molecule has 2 atom stereocenters. The molecule has 4 heterocycles. The Morgan fingerprint density at radius 2 is 0.853 bits per heavy atom. The highest BCUT2D eigenvalue weighted by Crippen LogP contribution is 2.19. The molecular weight excluding hydrogens is 897 g/mol. The van der Waals surface area contributed by atoms with Crippen LogP contribution < -0.4 is 20.1 Å². The Hall–Kier alpha value is -7.34. The van der Waals surface area contributed by atoms with Crippen LogP contribution >= 0.6 is 0 Å². The molecule has 2 aliphatic heterocycles. The van der Waals surface area contributed by atoms with E-state index < -0.39 is 35.8 Å².